The molecule has 2 N–H and O–H groups in total. The van der Waals surface area contributed by atoms with E-state index in [-0.39, 0.29) is 29.9 Å². The minimum absolute atomic E-state index is 0.0957. The van der Waals surface area contributed by atoms with Crippen LogP contribution in [0, 0.1) is 5.92 Å². The fourth-order valence-electron chi connectivity index (χ4n) is 5.93. The maximum absolute atomic E-state index is 13.3. The van der Waals surface area contributed by atoms with Crippen molar-refractivity contribution in [3.63, 3.8) is 0 Å². The highest BCUT2D eigenvalue weighted by molar-refractivity contribution is 6.25. The summed E-state index contributed by atoms with van der Waals surface area (Å²) < 4.78 is 2.06. The fourth-order valence-corrected chi connectivity index (χ4v) is 5.93. The van der Waals surface area contributed by atoms with Gasteiger partial charge in [0.15, 0.2) is 0 Å². The molecule has 2 saturated heterocycles. The molecule has 1 aromatic carbocycles. The summed E-state index contributed by atoms with van der Waals surface area (Å²) in [7, 11) is 0. The first-order valence-electron chi connectivity index (χ1n) is 13.3. The topological polar surface area (TPSA) is 117 Å². The number of imide groups is 2. The fraction of sp³-hybridized carbons (Fsp3) is 0.519. The summed E-state index contributed by atoms with van der Waals surface area (Å²) in [6, 6.07) is 4.51. The van der Waals surface area contributed by atoms with Crippen molar-refractivity contribution in [2.75, 3.05) is 25.0 Å². The van der Waals surface area contributed by atoms with Crippen LogP contribution in [-0.4, -0.2) is 68.9 Å². The Morgan fingerprint density at radius 2 is 1.81 bits per heavy atom. The maximum atomic E-state index is 13.3. The quantitative estimate of drug-likeness (QED) is 0.556. The molecule has 3 aliphatic heterocycles. The van der Waals surface area contributed by atoms with E-state index >= 15 is 0 Å². The summed E-state index contributed by atoms with van der Waals surface area (Å²) in [5.74, 6) is -1.12. The number of amides is 4. The lowest BCUT2D eigenvalue weighted by Crippen LogP contribution is -2.54. The number of benzene rings is 1. The van der Waals surface area contributed by atoms with Crippen molar-refractivity contribution in [1.82, 2.24) is 24.9 Å². The number of carbonyl (C=O) groups excluding carboxylic acids is 4. The Balaban J connectivity index is 1.09. The second-order valence-corrected chi connectivity index (χ2v) is 10.7. The summed E-state index contributed by atoms with van der Waals surface area (Å²) in [5.41, 5.74) is 2.07. The molecule has 4 heterocycles. The summed E-state index contributed by atoms with van der Waals surface area (Å²) >= 11 is 0. The van der Waals surface area contributed by atoms with E-state index in [4.69, 9.17) is 0 Å². The molecule has 37 heavy (non-hydrogen) atoms. The second-order valence-electron chi connectivity index (χ2n) is 10.7. The minimum atomic E-state index is -0.976. The SMILES string of the molecule is O=C1CCC(N2C(=O)c3cccc(NCc4cnn(C5CCN(CC6CCC6)CC5)c4)c3C2=O)C(=O)N1. The number of nitrogens with zero attached hydrogens (tertiary/aromatic N) is 4. The van der Waals surface area contributed by atoms with E-state index in [1.165, 1.54) is 25.8 Å². The van der Waals surface area contributed by atoms with Crippen LogP contribution < -0.4 is 10.6 Å². The van der Waals surface area contributed by atoms with Gasteiger partial charge in [-0.05, 0) is 50.2 Å². The molecule has 10 nitrogen and oxygen atoms in total. The first kappa shape index (κ1) is 23.8. The molecule has 0 bridgehead atoms. The molecule has 194 valence electrons. The molecular weight excluding hydrogens is 472 g/mol. The molecule has 1 aromatic heterocycles. The van der Waals surface area contributed by atoms with Crippen LogP contribution in [0.1, 0.15) is 77.3 Å². The van der Waals surface area contributed by atoms with E-state index < -0.39 is 23.8 Å². The van der Waals surface area contributed by atoms with Crippen molar-refractivity contribution >= 4 is 29.3 Å². The minimum Gasteiger partial charge on any atom is -0.380 e. The predicted molar refractivity (Wildman–Crippen MR) is 135 cm³/mol. The summed E-state index contributed by atoms with van der Waals surface area (Å²) in [6.07, 6.45) is 10.5. The Morgan fingerprint density at radius 3 is 2.54 bits per heavy atom. The van der Waals surface area contributed by atoms with Gasteiger partial charge in [-0.15, -0.1) is 0 Å². The number of fused-ring (bicyclic) bond motifs is 1. The van der Waals surface area contributed by atoms with E-state index in [1.807, 2.05) is 6.20 Å². The average molecular weight is 505 g/mol. The molecule has 4 aliphatic rings. The number of piperidine rings is 2. The Kier molecular flexibility index (Phi) is 6.27. The predicted octanol–water partition coefficient (Wildman–Crippen LogP) is 2.33. The van der Waals surface area contributed by atoms with E-state index in [1.54, 1.807) is 18.2 Å². The zero-order chi connectivity index (χ0) is 25.5. The van der Waals surface area contributed by atoms with Crippen molar-refractivity contribution in [3.8, 4) is 0 Å². The van der Waals surface area contributed by atoms with Gasteiger partial charge in [-0.3, -0.25) is 34.1 Å². The first-order valence-corrected chi connectivity index (χ1v) is 13.3. The van der Waals surface area contributed by atoms with Gasteiger partial charge in [0.1, 0.15) is 6.04 Å². The zero-order valence-corrected chi connectivity index (χ0v) is 20.8. The van der Waals surface area contributed by atoms with Crippen LogP contribution in [0.5, 0.6) is 0 Å². The highest BCUT2D eigenvalue weighted by atomic mass is 16.2. The number of likely N-dealkylation sites (tertiary alicyclic amines) is 1. The van der Waals surface area contributed by atoms with Gasteiger partial charge >= 0.3 is 0 Å². The molecular formula is C27H32N6O4. The number of rotatable bonds is 7. The lowest BCUT2D eigenvalue weighted by atomic mass is 9.84. The summed E-state index contributed by atoms with van der Waals surface area (Å²) in [4.78, 5) is 53.8. The van der Waals surface area contributed by atoms with Gasteiger partial charge in [-0.25, -0.2) is 0 Å². The largest absolute Gasteiger partial charge is 0.380 e. The number of aromatic nitrogens is 2. The number of hydrogen-bond donors (Lipinski definition) is 2. The molecule has 6 rings (SSSR count). The molecule has 1 saturated carbocycles. The first-order chi connectivity index (χ1) is 18.0. The van der Waals surface area contributed by atoms with Gasteiger partial charge in [0.25, 0.3) is 11.8 Å². The van der Waals surface area contributed by atoms with Gasteiger partial charge in [0.2, 0.25) is 11.8 Å². The van der Waals surface area contributed by atoms with Gasteiger partial charge in [0.05, 0.1) is 23.4 Å². The Labute approximate surface area is 215 Å². The second kappa shape index (κ2) is 9.74. The van der Waals surface area contributed by atoms with Gasteiger partial charge in [-0.2, -0.15) is 5.10 Å². The van der Waals surface area contributed by atoms with Crippen molar-refractivity contribution in [3.05, 3.63) is 47.3 Å². The van der Waals surface area contributed by atoms with Crippen LogP contribution in [0.2, 0.25) is 0 Å². The van der Waals surface area contributed by atoms with E-state index in [9.17, 15) is 19.2 Å². The van der Waals surface area contributed by atoms with Crippen LogP contribution >= 0.6 is 0 Å². The molecule has 3 fully saturated rings. The van der Waals surface area contributed by atoms with Crippen LogP contribution in [-0.2, 0) is 16.1 Å². The third-order valence-corrected chi connectivity index (χ3v) is 8.28. The third kappa shape index (κ3) is 4.54. The van der Waals surface area contributed by atoms with Crippen LogP contribution in [0.3, 0.4) is 0 Å². The lowest BCUT2D eigenvalue weighted by Gasteiger charge is -2.36. The van der Waals surface area contributed by atoms with Crippen LogP contribution in [0.4, 0.5) is 5.69 Å². The Morgan fingerprint density at radius 1 is 1.00 bits per heavy atom. The van der Waals surface area contributed by atoms with Gasteiger partial charge < -0.3 is 10.2 Å². The third-order valence-electron chi connectivity index (χ3n) is 8.28. The van der Waals surface area contributed by atoms with Crippen molar-refractivity contribution in [2.24, 2.45) is 5.92 Å². The highest BCUT2D eigenvalue weighted by Gasteiger charge is 2.45. The van der Waals surface area contributed by atoms with Crippen molar-refractivity contribution < 1.29 is 19.2 Å². The van der Waals surface area contributed by atoms with E-state index in [2.05, 4.69) is 31.5 Å². The summed E-state index contributed by atoms with van der Waals surface area (Å²) in [5, 5.41) is 10.1. The highest BCUT2D eigenvalue weighted by Crippen LogP contribution is 2.33. The van der Waals surface area contributed by atoms with Gasteiger partial charge in [0, 0.05) is 50.0 Å². The van der Waals surface area contributed by atoms with Gasteiger partial charge in [-0.1, -0.05) is 12.5 Å². The van der Waals surface area contributed by atoms with Crippen LogP contribution in [0.15, 0.2) is 30.6 Å². The maximum Gasteiger partial charge on any atom is 0.264 e. The number of nitrogens with one attached hydrogen (secondary N) is 2. The standard InChI is InChI=1S/C27H32N6O4/c34-23-8-7-22(25(35)30-23)33-26(36)20-5-2-6-21(24(20)27(33)37)28-13-18-14-29-32(16-18)19-9-11-31(12-10-19)15-17-3-1-4-17/h2,5-6,14,16-17,19,22,28H,1,3-4,7-13,15H2,(H,30,34,35). The number of hydrogen-bond acceptors (Lipinski definition) is 7. The van der Waals surface area contributed by atoms with Crippen molar-refractivity contribution in [1.29, 1.82) is 0 Å². The molecule has 1 aliphatic carbocycles. The molecule has 1 atom stereocenters. The molecule has 4 amide bonds. The number of carbonyl (C=O) groups is 4. The monoisotopic (exact) mass is 504 g/mol. The molecule has 2 aromatic rings. The summed E-state index contributed by atoms with van der Waals surface area (Å²) in [6.45, 7) is 3.93. The average Bonchev–Trinajstić information content (AvgIpc) is 3.44. The molecule has 10 heteroatoms. The van der Waals surface area contributed by atoms with Crippen LogP contribution in [0.25, 0.3) is 0 Å². The lowest BCUT2D eigenvalue weighted by molar-refractivity contribution is -0.136. The Bertz CT molecular complexity index is 1240. The smallest absolute Gasteiger partial charge is 0.264 e. The normalized spacial score (nSPS) is 23.2. The van der Waals surface area contributed by atoms with E-state index in [0.29, 0.717) is 18.3 Å². The zero-order valence-electron chi connectivity index (χ0n) is 20.8. The van der Waals surface area contributed by atoms with E-state index in [0.717, 1.165) is 42.3 Å². The molecule has 0 radical (unpaired) electrons. The molecule has 1 unspecified atom stereocenters. The number of anilines is 1. The van der Waals surface area contributed by atoms with Crippen molar-refractivity contribution in [2.45, 2.75) is 63.6 Å². The Hall–Kier alpha value is -3.53. The molecule has 0 spiro atoms.